The molecular weight excluding hydrogens is 284 g/mol. The van der Waals surface area contributed by atoms with Gasteiger partial charge in [-0.2, -0.15) is 5.26 Å². The number of aliphatic imine (C=N–C) groups is 1. The minimum atomic E-state index is 0.542. The zero-order valence-corrected chi connectivity index (χ0v) is 13.0. The fraction of sp³-hybridized carbons (Fsp3) is 0.105. The fourth-order valence-electron chi connectivity index (χ4n) is 2.51. The van der Waals surface area contributed by atoms with Crippen LogP contribution in [0.25, 0.3) is 16.7 Å². The molecule has 0 amide bonds. The van der Waals surface area contributed by atoms with Crippen molar-refractivity contribution in [1.29, 1.82) is 5.26 Å². The van der Waals surface area contributed by atoms with Crippen LogP contribution in [-0.2, 0) is 0 Å². The largest absolute Gasteiger partial charge is 0.345 e. The number of allylic oxidation sites excluding steroid dienone is 1. The summed E-state index contributed by atoms with van der Waals surface area (Å²) in [6.45, 7) is 3.94. The van der Waals surface area contributed by atoms with Crippen molar-refractivity contribution in [3.8, 4) is 6.07 Å². The van der Waals surface area contributed by atoms with Gasteiger partial charge >= 0.3 is 0 Å². The van der Waals surface area contributed by atoms with E-state index < -0.39 is 0 Å². The van der Waals surface area contributed by atoms with Gasteiger partial charge in [0.05, 0.1) is 11.3 Å². The van der Waals surface area contributed by atoms with Gasteiger partial charge < -0.3 is 4.98 Å². The van der Waals surface area contributed by atoms with Crippen molar-refractivity contribution in [2.24, 2.45) is 4.99 Å². The summed E-state index contributed by atoms with van der Waals surface area (Å²) < 4.78 is 0. The third kappa shape index (κ3) is 2.90. The van der Waals surface area contributed by atoms with Gasteiger partial charge in [-0.15, -0.1) is 0 Å². The van der Waals surface area contributed by atoms with Gasteiger partial charge in [0.1, 0.15) is 11.7 Å². The lowest BCUT2D eigenvalue weighted by molar-refractivity contribution is 1.31. The molecule has 0 aliphatic rings. The lowest BCUT2D eigenvalue weighted by atomic mass is 10.1. The summed E-state index contributed by atoms with van der Waals surface area (Å²) >= 11 is 0. The number of fused-ring (bicyclic) bond motifs is 1. The topological polar surface area (TPSA) is 64.8 Å². The van der Waals surface area contributed by atoms with Crippen molar-refractivity contribution in [2.75, 3.05) is 0 Å². The molecule has 0 radical (unpaired) electrons. The summed E-state index contributed by atoms with van der Waals surface area (Å²) in [5.41, 5.74) is 5.13. The Hall–Kier alpha value is -3.19. The van der Waals surface area contributed by atoms with E-state index in [4.69, 9.17) is 10.3 Å². The Balaban J connectivity index is 2.06. The highest BCUT2D eigenvalue weighted by Crippen LogP contribution is 2.21. The minimum Gasteiger partial charge on any atom is -0.345 e. The van der Waals surface area contributed by atoms with Crippen molar-refractivity contribution < 1.29 is 0 Å². The predicted molar refractivity (Wildman–Crippen MR) is 93.1 cm³/mol. The van der Waals surface area contributed by atoms with Crippen molar-refractivity contribution in [1.82, 2.24) is 9.97 Å². The number of H-pyrrole nitrogens is 1. The average molecular weight is 300 g/mol. The third-order valence-electron chi connectivity index (χ3n) is 3.68. The van der Waals surface area contributed by atoms with Crippen LogP contribution in [0, 0.1) is 11.3 Å². The zero-order valence-electron chi connectivity index (χ0n) is 13.0. The number of pyridine rings is 1. The second-order valence-electron chi connectivity index (χ2n) is 5.17. The molecule has 0 unspecified atom stereocenters. The summed E-state index contributed by atoms with van der Waals surface area (Å²) in [5.74, 6) is 0. The molecule has 0 saturated carbocycles. The minimum absolute atomic E-state index is 0.542. The quantitative estimate of drug-likeness (QED) is 0.733. The van der Waals surface area contributed by atoms with Crippen LogP contribution in [0.1, 0.15) is 30.5 Å². The highest BCUT2D eigenvalue weighted by atomic mass is 14.8. The summed E-state index contributed by atoms with van der Waals surface area (Å²) in [6, 6.07) is 14.0. The van der Waals surface area contributed by atoms with Crippen molar-refractivity contribution >= 4 is 22.4 Å². The van der Waals surface area contributed by atoms with Gasteiger partial charge in [-0.25, -0.2) is 4.98 Å². The number of nitrogens with one attached hydrogen (secondary N) is 1. The van der Waals surface area contributed by atoms with Crippen molar-refractivity contribution in [3.05, 3.63) is 71.6 Å². The molecule has 0 aliphatic heterocycles. The first-order valence-electron chi connectivity index (χ1n) is 7.37. The number of hydrogen-bond acceptors (Lipinski definition) is 3. The van der Waals surface area contributed by atoms with Gasteiger partial charge in [0, 0.05) is 29.1 Å². The lowest BCUT2D eigenvalue weighted by Crippen LogP contribution is -1.95. The molecule has 0 atom stereocenters. The van der Waals surface area contributed by atoms with E-state index in [1.165, 1.54) is 0 Å². The summed E-state index contributed by atoms with van der Waals surface area (Å²) in [7, 11) is 0. The predicted octanol–water partition coefficient (Wildman–Crippen LogP) is 4.30. The van der Waals surface area contributed by atoms with Crippen LogP contribution < -0.4 is 0 Å². The van der Waals surface area contributed by atoms with Crippen LogP contribution in [0.5, 0.6) is 0 Å². The maximum absolute atomic E-state index is 9.06. The second-order valence-corrected chi connectivity index (χ2v) is 5.17. The highest BCUT2D eigenvalue weighted by molar-refractivity contribution is 6.10. The molecule has 0 saturated heterocycles. The Morgan fingerprint density at radius 1 is 1.30 bits per heavy atom. The van der Waals surface area contributed by atoms with E-state index in [0.29, 0.717) is 5.56 Å². The molecule has 0 fully saturated rings. The van der Waals surface area contributed by atoms with E-state index in [-0.39, 0.29) is 0 Å². The number of benzene rings is 1. The van der Waals surface area contributed by atoms with E-state index in [9.17, 15) is 0 Å². The standard InChI is InChI=1S/C19H16N4/c1-3-18(15-7-5-4-6-8-15)23-13(2)17-12-22-19-16(17)9-14(10-20)11-21-19/h3-9,11-12H,1-2H3,(H,21,22)/b18-3-,23-13?. The number of hydrogen-bond donors (Lipinski definition) is 1. The van der Waals surface area contributed by atoms with Gasteiger partial charge in [0.25, 0.3) is 0 Å². The monoisotopic (exact) mass is 300 g/mol. The van der Waals surface area contributed by atoms with Gasteiger partial charge in [0.2, 0.25) is 0 Å². The molecule has 1 N–H and O–H groups in total. The molecule has 3 rings (SSSR count). The molecular formula is C19H16N4. The number of nitrogens with zero attached hydrogens (tertiary/aromatic N) is 3. The highest BCUT2D eigenvalue weighted by Gasteiger charge is 2.09. The molecule has 0 aliphatic carbocycles. The molecule has 3 aromatic rings. The maximum atomic E-state index is 9.06. The summed E-state index contributed by atoms with van der Waals surface area (Å²) in [4.78, 5) is 12.2. The smallest absolute Gasteiger partial charge is 0.137 e. The van der Waals surface area contributed by atoms with Gasteiger partial charge in [-0.1, -0.05) is 36.4 Å². The van der Waals surface area contributed by atoms with Crippen LogP contribution in [-0.4, -0.2) is 15.7 Å². The maximum Gasteiger partial charge on any atom is 0.137 e. The SMILES string of the molecule is C/C=C(\N=C(C)c1c[nH]c2ncc(C#N)cc12)c1ccccc1. The number of aromatic nitrogens is 2. The first kappa shape index (κ1) is 14.7. The molecule has 1 aromatic carbocycles. The Morgan fingerprint density at radius 3 is 2.78 bits per heavy atom. The van der Waals surface area contributed by atoms with Crippen LogP contribution in [0.4, 0.5) is 0 Å². The van der Waals surface area contributed by atoms with Gasteiger partial charge in [-0.05, 0) is 25.5 Å². The molecule has 2 aromatic heterocycles. The normalized spacial score (nSPS) is 12.4. The van der Waals surface area contributed by atoms with E-state index in [1.807, 2.05) is 62.5 Å². The molecule has 4 heteroatoms. The van der Waals surface area contributed by atoms with Crippen LogP contribution in [0.2, 0.25) is 0 Å². The fourth-order valence-corrected chi connectivity index (χ4v) is 2.51. The van der Waals surface area contributed by atoms with E-state index >= 15 is 0 Å². The third-order valence-corrected chi connectivity index (χ3v) is 3.68. The zero-order chi connectivity index (χ0) is 16.2. The first-order chi connectivity index (χ1) is 11.2. The van der Waals surface area contributed by atoms with Gasteiger partial charge in [-0.3, -0.25) is 4.99 Å². The van der Waals surface area contributed by atoms with Crippen molar-refractivity contribution in [3.63, 3.8) is 0 Å². The lowest BCUT2D eigenvalue weighted by Gasteiger charge is -2.04. The Bertz CT molecular complexity index is 940. The number of nitriles is 1. The van der Waals surface area contributed by atoms with Gasteiger partial charge in [0.15, 0.2) is 0 Å². The van der Waals surface area contributed by atoms with Crippen LogP contribution >= 0.6 is 0 Å². The molecule has 2 heterocycles. The van der Waals surface area contributed by atoms with Crippen molar-refractivity contribution in [2.45, 2.75) is 13.8 Å². The van der Waals surface area contributed by atoms with E-state index in [0.717, 1.165) is 33.6 Å². The van der Waals surface area contributed by atoms with E-state index in [1.54, 1.807) is 6.20 Å². The Morgan fingerprint density at radius 2 is 2.09 bits per heavy atom. The van der Waals surface area contributed by atoms with Crippen LogP contribution in [0.3, 0.4) is 0 Å². The molecule has 0 spiro atoms. The first-order valence-corrected chi connectivity index (χ1v) is 7.37. The molecule has 23 heavy (non-hydrogen) atoms. The van der Waals surface area contributed by atoms with Crippen LogP contribution in [0.15, 0.2) is 59.9 Å². The van der Waals surface area contributed by atoms with E-state index in [2.05, 4.69) is 16.0 Å². The summed E-state index contributed by atoms with van der Waals surface area (Å²) in [5, 5.41) is 9.97. The number of aromatic amines is 1. The average Bonchev–Trinajstić information content (AvgIpc) is 3.03. The summed E-state index contributed by atoms with van der Waals surface area (Å²) in [6.07, 6.45) is 5.44. The number of rotatable bonds is 3. The molecule has 112 valence electrons. The Labute approximate surface area is 134 Å². The Kier molecular flexibility index (Phi) is 4.03. The second kappa shape index (κ2) is 6.29. The molecule has 0 bridgehead atoms. The molecule has 4 nitrogen and oxygen atoms in total.